The minimum atomic E-state index is -0.460. The fraction of sp³-hybridized carbons (Fsp3) is 0.182. The molecule has 1 N–H and O–H groups in total. The lowest BCUT2D eigenvalue weighted by Crippen LogP contribution is -1.93. The van der Waals surface area contributed by atoms with Crippen LogP contribution >= 0.6 is 0 Å². The molecule has 66 valence electrons. The summed E-state index contributed by atoms with van der Waals surface area (Å²) >= 11 is 0. The van der Waals surface area contributed by atoms with Gasteiger partial charge in [0.1, 0.15) is 0 Å². The van der Waals surface area contributed by atoms with Gasteiger partial charge in [0.25, 0.3) is 0 Å². The Labute approximate surface area is 76.9 Å². The van der Waals surface area contributed by atoms with Crippen LogP contribution in [0.1, 0.15) is 18.6 Å². The Kier molecular flexibility index (Phi) is 1.99. The molecular weight excluding hydrogens is 162 g/mol. The van der Waals surface area contributed by atoms with Gasteiger partial charge in [0.05, 0.1) is 6.10 Å². The van der Waals surface area contributed by atoms with Crippen LogP contribution in [0.5, 0.6) is 0 Å². The highest BCUT2D eigenvalue weighted by molar-refractivity contribution is 5.84. The summed E-state index contributed by atoms with van der Waals surface area (Å²) in [7, 11) is 0. The lowest BCUT2D eigenvalue weighted by molar-refractivity contribution is 0.200. The monoisotopic (exact) mass is 173 g/mol. The predicted molar refractivity (Wildman–Crippen MR) is 52.4 cm³/mol. The first-order valence-corrected chi connectivity index (χ1v) is 4.30. The van der Waals surface area contributed by atoms with Crippen LogP contribution < -0.4 is 0 Å². The van der Waals surface area contributed by atoms with Crippen LogP contribution in [0.3, 0.4) is 0 Å². The quantitative estimate of drug-likeness (QED) is 0.717. The highest BCUT2D eigenvalue weighted by Crippen LogP contribution is 2.22. The van der Waals surface area contributed by atoms with Crippen molar-refractivity contribution in [3.8, 4) is 0 Å². The van der Waals surface area contributed by atoms with Crippen molar-refractivity contribution in [3.05, 3.63) is 42.2 Å². The maximum absolute atomic E-state index is 9.48. The standard InChI is InChI=1S/C11H11NO/c1-8(13)11-7-12-6-9-4-2-3-5-10(9)11/h2-8,13H,1H3. The first-order valence-electron chi connectivity index (χ1n) is 4.30. The summed E-state index contributed by atoms with van der Waals surface area (Å²) in [6.45, 7) is 1.75. The van der Waals surface area contributed by atoms with Gasteiger partial charge in [-0.3, -0.25) is 4.98 Å². The maximum atomic E-state index is 9.48. The van der Waals surface area contributed by atoms with E-state index in [1.807, 2.05) is 24.3 Å². The summed E-state index contributed by atoms with van der Waals surface area (Å²) in [4.78, 5) is 4.07. The molecule has 0 saturated heterocycles. The third kappa shape index (κ3) is 1.40. The van der Waals surface area contributed by atoms with E-state index in [1.165, 1.54) is 0 Å². The molecule has 0 fully saturated rings. The smallest absolute Gasteiger partial charge is 0.0782 e. The number of aromatic nitrogens is 1. The van der Waals surface area contributed by atoms with E-state index in [0.29, 0.717) is 0 Å². The van der Waals surface area contributed by atoms with E-state index in [1.54, 1.807) is 19.3 Å². The second-order valence-electron chi connectivity index (χ2n) is 3.13. The Morgan fingerprint density at radius 1 is 1.23 bits per heavy atom. The summed E-state index contributed by atoms with van der Waals surface area (Å²) < 4.78 is 0. The van der Waals surface area contributed by atoms with Gasteiger partial charge in [0.15, 0.2) is 0 Å². The third-order valence-electron chi connectivity index (χ3n) is 2.15. The number of fused-ring (bicyclic) bond motifs is 1. The SMILES string of the molecule is CC(O)c1cncc2ccccc12. The molecule has 2 nitrogen and oxygen atoms in total. The Morgan fingerprint density at radius 2 is 2.00 bits per heavy atom. The number of hydrogen-bond acceptors (Lipinski definition) is 2. The van der Waals surface area contributed by atoms with Gasteiger partial charge in [-0.1, -0.05) is 24.3 Å². The molecule has 2 heteroatoms. The molecule has 1 aromatic heterocycles. The number of hydrogen-bond donors (Lipinski definition) is 1. The Balaban J connectivity index is 2.76. The second-order valence-corrected chi connectivity index (χ2v) is 3.13. The van der Waals surface area contributed by atoms with Crippen LogP contribution in [0.25, 0.3) is 10.8 Å². The van der Waals surface area contributed by atoms with Crippen LogP contribution in [0, 0.1) is 0 Å². The van der Waals surface area contributed by atoms with Crippen molar-refractivity contribution in [2.45, 2.75) is 13.0 Å². The van der Waals surface area contributed by atoms with Crippen molar-refractivity contribution in [2.24, 2.45) is 0 Å². The molecule has 0 spiro atoms. The molecule has 13 heavy (non-hydrogen) atoms. The molecule has 0 saturated carbocycles. The molecule has 0 radical (unpaired) electrons. The van der Waals surface area contributed by atoms with Gasteiger partial charge in [0, 0.05) is 23.3 Å². The molecule has 1 heterocycles. The van der Waals surface area contributed by atoms with Crippen molar-refractivity contribution in [3.63, 3.8) is 0 Å². The highest BCUT2D eigenvalue weighted by atomic mass is 16.3. The van der Waals surface area contributed by atoms with Gasteiger partial charge in [-0.2, -0.15) is 0 Å². The summed E-state index contributed by atoms with van der Waals surface area (Å²) in [6.07, 6.45) is 3.06. The molecule has 0 aliphatic rings. The van der Waals surface area contributed by atoms with Crippen molar-refractivity contribution < 1.29 is 5.11 Å². The number of aliphatic hydroxyl groups is 1. The molecule has 2 rings (SSSR count). The minimum Gasteiger partial charge on any atom is -0.389 e. The molecule has 2 aromatic rings. The average molecular weight is 173 g/mol. The molecule has 0 bridgehead atoms. The third-order valence-corrected chi connectivity index (χ3v) is 2.15. The van der Waals surface area contributed by atoms with Crippen molar-refractivity contribution in [1.29, 1.82) is 0 Å². The van der Waals surface area contributed by atoms with Gasteiger partial charge >= 0.3 is 0 Å². The van der Waals surface area contributed by atoms with Gasteiger partial charge in [-0.25, -0.2) is 0 Å². The van der Waals surface area contributed by atoms with Gasteiger partial charge in [0.2, 0.25) is 0 Å². The minimum absolute atomic E-state index is 0.460. The van der Waals surface area contributed by atoms with Crippen molar-refractivity contribution in [2.75, 3.05) is 0 Å². The van der Waals surface area contributed by atoms with Crippen LogP contribution in [-0.4, -0.2) is 10.1 Å². The largest absolute Gasteiger partial charge is 0.389 e. The van der Waals surface area contributed by atoms with E-state index in [-0.39, 0.29) is 0 Å². The molecule has 0 aliphatic heterocycles. The lowest BCUT2D eigenvalue weighted by Gasteiger charge is -2.07. The molecule has 1 atom stereocenters. The normalized spacial score (nSPS) is 13.1. The molecule has 1 unspecified atom stereocenters. The number of aliphatic hydroxyl groups excluding tert-OH is 1. The van der Waals surface area contributed by atoms with Gasteiger partial charge in [-0.05, 0) is 12.3 Å². The molecule has 0 amide bonds. The zero-order chi connectivity index (χ0) is 9.26. The zero-order valence-corrected chi connectivity index (χ0v) is 7.44. The molecule has 0 aliphatic carbocycles. The molecule has 1 aromatic carbocycles. The van der Waals surface area contributed by atoms with Crippen molar-refractivity contribution >= 4 is 10.8 Å². The Hall–Kier alpha value is -1.41. The molecular formula is C11H11NO. The first-order chi connectivity index (χ1) is 6.29. The van der Waals surface area contributed by atoms with E-state index in [4.69, 9.17) is 0 Å². The predicted octanol–water partition coefficient (Wildman–Crippen LogP) is 2.29. The maximum Gasteiger partial charge on any atom is 0.0782 e. The Bertz CT molecular complexity index is 418. The fourth-order valence-electron chi connectivity index (χ4n) is 1.47. The number of nitrogens with zero attached hydrogens (tertiary/aromatic N) is 1. The average Bonchev–Trinajstić information content (AvgIpc) is 2.17. The van der Waals surface area contributed by atoms with Crippen LogP contribution in [0.4, 0.5) is 0 Å². The van der Waals surface area contributed by atoms with Gasteiger partial charge in [-0.15, -0.1) is 0 Å². The summed E-state index contributed by atoms with van der Waals surface area (Å²) in [6, 6.07) is 7.93. The van der Waals surface area contributed by atoms with Crippen LogP contribution in [0.15, 0.2) is 36.7 Å². The van der Waals surface area contributed by atoms with E-state index >= 15 is 0 Å². The number of pyridine rings is 1. The van der Waals surface area contributed by atoms with E-state index in [9.17, 15) is 5.11 Å². The van der Waals surface area contributed by atoms with E-state index in [2.05, 4.69) is 4.98 Å². The van der Waals surface area contributed by atoms with Crippen molar-refractivity contribution in [1.82, 2.24) is 4.98 Å². The van der Waals surface area contributed by atoms with Crippen LogP contribution in [-0.2, 0) is 0 Å². The lowest BCUT2D eigenvalue weighted by atomic mass is 10.0. The zero-order valence-electron chi connectivity index (χ0n) is 7.44. The van der Waals surface area contributed by atoms with E-state index < -0.39 is 6.10 Å². The number of benzene rings is 1. The van der Waals surface area contributed by atoms with E-state index in [0.717, 1.165) is 16.3 Å². The second kappa shape index (κ2) is 3.15. The van der Waals surface area contributed by atoms with Gasteiger partial charge < -0.3 is 5.11 Å². The summed E-state index contributed by atoms with van der Waals surface area (Å²) in [5.41, 5.74) is 0.887. The fourth-order valence-corrected chi connectivity index (χ4v) is 1.47. The number of rotatable bonds is 1. The van der Waals surface area contributed by atoms with Crippen LogP contribution in [0.2, 0.25) is 0 Å². The summed E-state index contributed by atoms with van der Waals surface area (Å²) in [5, 5.41) is 11.6. The summed E-state index contributed by atoms with van der Waals surface area (Å²) in [5.74, 6) is 0. The highest BCUT2D eigenvalue weighted by Gasteiger charge is 2.05. The topological polar surface area (TPSA) is 33.1 Å². The Morgan fingerprint density at radius 3 is 2.77 bits per heavy atom. The first kappa shape index (κ1) is 8.20.